The standard InChI is InChI=1S/C5H9NOS.ClH/c7-8-3-4-1-5(8)2-6-4;/h4-6H,1-3H2;1H/t4-,5-,8?;/m1./s1. The molecule has 2 fully saturated rings. The predicted octanol–water partition coefficient (Wildman–Crippen LogP) is -0.0990. The van der Waals surface area contributed by atoms with Crippen LogP contribution in [0, 0.1) is 0 Å². The van der Waals surface area contributed by atoms with Crippen molar-refractivity contribution in [2.75, 3.05) is 12.3 Å². The van der Waals surface area contributed by atoms with Crippen molar-refractivity contribution in [2.24, 2.45) is 0 Å². The van der Waals surface area contributed by atoms with E-state index in [1.807, 2.05) is 0 Å². The molecule has 2 saturated heterocycles. The van der Waals surface area contributed by atoms with E-state index in [0.717, 1.165) is 18.7 Å². The fourth-order valence-electron chi connectivity index (χ4n) is 1.44. The quantitative estimate of drug-likeness (QED) is 0.546. The zero-order valence-electron chi connectivity index (χ0n) is 5.00. The average Bonchev–Trinajstić information content (AvgIpc) is 2.23. The van der Waals surface area contributed by atoms with E-state index in [-0.39, 0.29) is 12.4 Å². The summed E-state index contributed by atoms with van der Waals surface area (Å²) in [5.41, 5.74) is 0. The molecular formula is C5H10ClNOS. The number of fused-ring (bicyclic) bond motifs is 2. The second-order valence-electron chi connectivity index (χ2n) is 2.51. The van der Waals surface area contributed by atoms with Crippen LogP contribution in [0.1, 0.15) is 6.42 Å². The molecule has 54 valence electrons. The molecule has 0 aromatic carbocycles. The maximum Gasteiger partial charge on any atom is 0.0488 e. The van der Waals surface area contributed by atoms with E-state index in [9.17, 15) is 4.21 Å². The van der Waals surface area contributed by atoms with Gasteiger partial charge in [-0.3, -0.25) is 4.21 Å². The highest BCUT2D eigenvalue weighted by Crippen LogP contribution is 2.21. The Morgan fingerprint density at radius 1 is 1.56 bits per heavy atom. The Kier molecular flexibility index (Phi) is 2.14. The predicted molar refractivity (Wildman–Crippen MR) is 40.5 cm³/mol. The van der Waals surface area contributed by atoms with E-state index in [4.69, 9.17) is 0 Å². The zero-order chi connectivity index (χ0) is 5.56. The summed E-state index contributed by atoms with van der Waals surface area (Å²) in [6.07, 6.45) is 1.16. The summed E-state index contributed by atoms with van der Waals surface area (Å²) in [6, 6.07) is 0.598. The maximum absolute atomic E-state index is 10.9. The Morgan fingerprint density at radius 2 is 2.33 bits per heavy atom. The molecule has 2 bridgehead atoms. The lowest BCUT2D eigenvalue weighted by Crippen LogP contribution is -2.32. The number of hydrogen-bond donors (Lipinski definition) is 1. The van der Waals surface area contributed by atoms with Crippen LogP contribution in [0.2, 0.25) is 0 Å². The van der Waals surface area contributed by atoms with Crippen LogP contribution in [0.4, 0.5) is 0 Å². The number of rotatable bonds is 0. The molecule has 1 N–H and O–H groups in total. The van der Waals surface area contributed by atoms with Gasteiger partial charge in [-0.25, -0.2) is 0 Å². The van der Waals surface area contributed by atoms with Crippen LogP contribution in [0.5, 0.6) is 0 Å². The molecule has 0 saturated carbocycles. The molecule has 2 aliphatic rings. The minimum absolute atomic E-state index is 0. The van der Waals surface area contributed by atoms with Crippen LogP contribution in [-0.2, 0) is 10.8 Å². The van der Waals surface area contributed by atoms with Crippen LogP contribution >= 0.6 is 12.4 Å². The fourth-order valence-corrected chi connectivity index (χ4v) is 3.10. The minimum atomic E-state index is -0.473. The Bertz CT molecular complexity index is 141. The third kappa shape index (κ3) is 1.14. The zero-order valence-corrected chi connectivity index (χ0v) is 6.63. The Labute approximate surface area is 63.3 Å². The van der Waals surface area contributed by atoms with Gasteiger partial charge in [0.25, 0.3) is 0 Å². The lowest BCUT2D eigenvalue weighted by molar-refractivity contribution is 0.648. The molecule has 2 rings (SSSR count). The van der Waals surface area contributed by atoms with E-state index in [0.29, 0.717) is 11.3 Å². The Hall–Kier alpha value is 0.400. The monoisotopic (exact) mass is 167 g/mol. The van der Waals surface area contributed by atoms with Gasteiger partial charge in [0.1, 0.15) is 0 Å². The second kappa shape index (κ2) is 2.56. The summed E-state index contributed by atoms with van der Waals surface area (Å²) in [4.78, 5) is 0. The first-order chi connectivity index (χ1) is 3.86. The molecular weight excluding hydrogens is 158 g/mol. The number of nitrogens with one attached hydrogen (secondary N) is 1. The molecule has 9 heavy (non-hydrogen) atoms. The second-order valence-corrected chi connectivity index (χ2v) is 4.27. The smallest absolute Gasteiger partial charge is 0.0488 e. The van der Waals surface area contributed by atoms with Gasteiger partial charge in [0.05, 0.1) is 0 Å². The SMILES string of the molecule is Cl.O=S1C[C@H]2C[C@@H]1CN2. The molecule has 4 heteroatoms. The van der Waals surface area contributed by atoms with Crippen molar-refractivity contribution in [3.63, 3.8) is 0 Å². The summed E-state index contributed by atoms with van der Waals surface area (Å²) >= 11 is 0. The highest BCUT2D eigenvalue weighted by Gasteiger charge is 2.36. The summed E-state index contributed by atoms with van der Waals surface area (Å²) in [5, 5.41) is 3.79. The van der Waals surface area contributed by atoms with E-state index in [2.05, 4.69) is 5.32 Å². The minimum Gasteiger partial charge on any atom is -0.312 e. The van der Waals surface area contributed by atoms with Crippen molar-refractivity contribution >= 4 is 23.2 Å². The van der Waals surface area contributed by atoms with Crippen LogP contribution in [0.25, 0.3) is 0 Å². The fraction of sp³-hybridized carbons (Fsp3) is 1.00. The number of halogens is 1. The summed E-state index contributed by atoms with van der Waals surface area (Å²) in [6.45, 7) is 0.997. The van der Waals surface area contributed by atoms with Crippen molar-refractivity contribution in [2.45, 2.75) is 17.7 Å². The lowest BCUT2D eigenvalue weighted by Gasteiger charge is -2.08. The van der Waals surface area contributed by atoms with Crippen LogP contribution in [0.15, 0.2) is 0 Å². The van der Waals surface area contributed by atoms with Crippen LogP contribution in [0.3, 0.4) is 0 Å². The van der Waals surface area contributed by atoms with Crippen molar-refractivity contribution in [3.05, 3.63) is 0 Å². The molecule has 0 radical (unpaired) electrons. The van der Waals surface area contributed by atoms with Gasteiger partial charge in [-0.2, -0.15) is 0 Å². The van der Waals surface area contributed by atoms with Gasteiger partial charge in [-0.1, -0.05) is 0 Å². The van der Waals surface area contributed by atoms with Gasteiger partial charge in [-0.05, 0) is 6.42 Å². The van der Waals surface area contributed by atoms with E-state index >= 15 is 0 Å². The molecule has 0 aliphatic carbocycles. The molecule has 3 atom stereocenters. The van der Waals surface area contributed by atoms with Gasteiger partial charge in [0.2, 0.25) is 0 Å². The first-order valence-corrected chi connectivity index (χ1v) is 4.35. The van der Waals surface area contributed by atoms with Gasteiger partial charge >= 0.3 is 0 Å². The molecule has 2 nitrogen and oxygen atoms in total. The average molecular weight is 168 g/mol. The highest BCUT2D eigenvalue weighted by molar-refractivity contribution is 7.86. The lowest BCUT2D eigenvalue weighted by atomic mass is 10.3. The van der Waals surface area contributed by atoms with Gasteiger partial charge in [0, 0.05) is 34.4 Å². The third-order valence-corrected chi connectivity index (χ3v) is 3.75. The topological polar surface area (TPSA) is 29.1 Å². The van der Waals surface area contributed by atoms with Crippen LogP contribution < -0.4 is 5.32 Å². The van der Waals surface area contributed by atoms with Gasteiger partial charge in [0.15, 0.2) is 0 Å². The van der Waals surface area contributed by atoms with E-state index in [1.54, 1.807) is 0 Å². The third-order valence-electron chi connectivity index (χ3n) is 1.92. The molecule has 1 unspecified atom stereocenters. The largest absolute Gasteiger partial charge is 0.312 e. The van der Waals surface area contributed by atoms with Gasteiger partial charge < -0.3 is 5.32 Å². The van der Waals surface area contributed by atoms with Crippen molar-refractivity contribution in [1.82, 2.24) is 5.32 Å². The van der Waals surface area contributed by atoms with Crippen molar-refractivity contribution in [1.29, 1.82) is 0 Å². The van der Waals surface area contributed by atoms with E-state index in [1.165, 1.54) is 0 Å². The summed E-state index contributed by atoms with van der Waals surface area (Å²) in [5.74, 6) is 0.907. The first-order valence-electron chi connectivity index (χ1n) is 2.97. The molecule has 0 aromatic rings. The number of hydrogen-bond acceptors (Lipinski definition) is 2. The van der Waals surface area contributed by atoms with Crippen molar-refractivity contribution < 1.29 is 4.21 Å². The molecule has 2 heterocycles. The summed E-state index contributed by atoms with van der Waals surface area (Å²) in [7, 11) is -0.473. The molecule has 2 aliphatic heterocycles. The van der Waals surface area contributed by atoms with Crippen molar-refractivity contribution in [3.8, 4) is 0 Å². The normalized spacial score (nSPS) is 46.9. The first kappa shape index (κ1) is 7.51. The Morgan fingerprint density at radius 3 is 2.56 bits per heavy atom. The van der Waals surface area contributed by atoms with Crippen LogP contribution in [-0.4, -0.2) is 27.8 Å². The molecule has 0 aromatic heterocycles. The van der Waals surface area contributed by atoms with E-state index < -0.39 is 10.8 Å². The summed E-state index contributed by atoms with van der Waals surface area (Å²) < 4.78 is 10.9. The molecule has 0 amide bonds. The maximum atomic E-state index is 10.9. The Balaban J connectivity index is 0.000000405. The highest BCUT2D eigenvalue weighted by atomic mass is 35.5. The van der Waals surface area contributed by atoms with Gasteiger partial charge in [-0.15, -0.1) is 12.4 Å². The molecule has 0 spiro atoms.